The Morgan fingerprint density at radius 3 is 2.60 bits per heavy atom. The van der Waals surface area contributed by atoms with Gasteiger partial charge in [-0.05, 0) is 26.0 Å². The normalized spacial score (nSPS) is 28.9. The summed E-state index contributed by atoms with van der Waals surface area (Å²) in [4.78, 5) is 22.9. The van der Waals surface area contributed by atoms with Crippen molar-refractivity contribution in [3.63, 3.8) is 0 Å². The zero-order valence-electron chi connectivity index (χ0n) is 8.61. The summed E-state index contributed by atoms with van der Waals surface area (Å²) in [6.45, 7) is 3.55. The number of rotatable bonds is 0. The molecular formula is C11H12O4. The molecule has 1 aliphatic carbocycles. The van der Waals surface area contributed by atoms with Crippen molar-refractivity contribution in [2.45, 2.75) is 32.0 Å². The Hall–Kier alpha value is -1.42. The van der Waals surface area contributed by atoms with E-state index in [0.29, 0.717) is 6.42 Å². The highest BCUT2D eigenvalue weighted by molar-refractivity contribution is 6.19. The van der Waals surface area contributed by atoms with Gasteiger partial charge in [0.1, 0.15) is 5.60 Å². The molecule has 1 heterocycles. The van der Waals surface area contributed by atoms with Crippen molar-refractivity contribution in [1.29, 1.82) is 0 Å². The first-order chi connectivity index (χ1) is 6.91. The highest BCUT2D eigenvalue weighted by Crippen LogP contribution is 2.34. The molecule has 2 rings (SSSR count). The third kappa shape index (κ3) is 1.61. The van der Waals surface area contributed by atoms with Crippen LogP contribution in [0.1, 0.15) is 20.3 Å². The summed E-state index contributed by atoms with van der Waals surface area (Å²) in [5, 5.41) is 9.78. The molecule has 0 spiro atoms. The van der Waals surface area contributed by atoms with Crippen LogP contribution in [-0.2, 0) is 14.3 Å². The largest absolute Gasteiger partial charge is 0.483 e. The van der Waals surface area contributed by atoms with E-state index in [1.807, 2.05) is 0 Å². The minimum atomic E-state index is -0.912. The van der Waals surface area contributed by atoms with E-state index in [1.165, 1.54) is 12.2 Å². The molecule has 0 saturated carbocycles. The number of aliphatic hydroxyl groups excluding tert-OH is 1. The average Bonchev–Trinajstić information content (AvgIpc) is 2.09. The summed E-state index contributed by atoms with van der Waals surface area (Å²) >= 11 is 0. The fourth-order valence-electron chi connectivity index (χ4n) is 1.87. The van der Waals surface area contributed by atoms with Gasteiger partial charge in [-0.1, -0.05) is 0 Å². The molecular weight excluding hydrogens is 196 g/mol. The van der Waals surface area contributed by atoms with Gasteiger partial charge in [0.2, 0.25) is 5.78 Å². The maximum atomic E-state index is 11.5. The first-order valence-electron chi connectivity index (χ1n) is 4.79. The minimum Gasteiger partial charge on any atom is -0.483 e. The molecule has 4 nitrogen and oxygen atoms in total. The quantitative estimate of drug-likeness (QED) is 0.589. The standard InChI is InChI=1S/C11H12O4/c1-11(2)5-8(14)9-6(12)3-4-7(13)10(9)15-11/h3-4,8,14H,5H2,1-2H3. The lowest BCUT2D eigenvalue weighted by molar-refractivity contribution is -0.125. The molecule has 1 aliphatic heterocycles. The van der Waals surface area contributed by atoms with Crippen molar-refractivity contribution in [1.82, 2.24) is 0 Å². The lowest BCUT2D eigenvalue weighted by Crippen LogP contribution is -2.41. The first-order valence-corrected chi connectivity index (χ1v) is 4.79. The summed E-state index contributed by atoms with van der Waals surface area (Å²) in [5.74, 6) is -0.685. The summed E-state index contributed by atoms with van der Waals surface area (Å²) < 4.78 is 5.43. The Balaban J connectivity index is 2.48. The van der Waals surface area contributed by atoms with Crippen molar-refractivity contribution in [3.05, 3.63) is 23.5 Å². The molecule has 0 amide bonds. The second-order valence-corrected chi connectivity index (χ2v) is 4.39. The van der Waals surface area contributed by atoms with E-state index in [2.05, 4.69) is 0 Å². The molecule has 2 aliphatic rings. The zero-order valence-corrected chi connectivity index (χ0v) is 8.61. The predicted molar refractivity (Wildman–Crippen MR) is 52.0 cm³/mol. The topological polar surface area (TPSA) is 63.6 Å². The molecule has 0 saturated heterocycles. The molecule has 80 valence electrons. The van der Waals surface area contributed by atoms with Crippen LogP contribution in [0.15, 0.2) is 23.5 Å². The van der Waals surface area contributed by atoms with Crippen LogP contribution in [0.3, 0.4) is 0 Å². The molecule has 0 aromatic carbocycles. The van der Waals surface area contributed by atoms with Crippen LogP contribution in [0.4, 0.5) is 0 Å². The third-order valence-corrected chi connectivity index (χ3v) is 2.52. The van der Waals surface area contributed by atoms with E-state index in [0.717, 1.165) is 0 Å². The van der Waals surface area contributed by atoms with Crippen LogP contribution in [0.2, 0.25) is 0 Å². The van der Waals surface area contributed by atoms with E-state index in [4.69, 9.17) is 4.74 Å². The fraction of sp³-hybridized carbons (Fsp3) is 0.455. The lowest BCUT2D eigenvalue weighted by atomic mass is 9.86. The minimum absolute atomic E-state index is 0.00579. The Labute approximate surface area is 87.2 Å². The smallest absolute Gasteiger partial charge is 0.221 e. The van der Waals surface area contributed by atoms with Crippen LogP contribution in [-0.4, -0.2) is 28.4 Å². The number of carbonyl (C=O) groups excluding carboxylic acids is 2. The van der Waals surface area contributed by atoms with Crippen molar-refractivity contribution < 1.29 is 19.4 Å². The summed E-state index contributed by atoms with van der Waals surface area (Å²) in [7, 11) is 0. The van der Waals surface area contributed by atoms with Gasteiger partial charge >= 0.3 is 0 Å². The SMILES string of the molecule is CC1(C)CC(O)C2=C(O1)C(=O)C=CC2=O. The van der Waals surface area contributed by atoms with Gasteiger partial charge in [0.25, 0.3) is 0 Å². The Bertz CT molecular complexity index is 401. The number of hydrogen-bond acceptors (Lipinski definition) is 4. The molecule has 0 aromatic rings. The summed E-state index contributed by atoms with van der Waals surface area (Å²) in [5.41, 5.74) is -0.513. The van der Waals surface area contributed by atoms with Crippen LogP contribution in [0.5, 0.6) is 0 Å². The lowest BCUT2D eigenvalue weighted by Gasteiger charge is -2.36. The highest BCUT2D eigenvalue weighted by Gasteiger charge is 2.40. The van der Waals surface area contributed by atoms with E-state index < -0.39 is 11.7 Å². The van der Waals surface area contributed by atoms with E-state index in [9.17, 15) is 14.7 Å². The van der Waals surface area contributed by atoms with E-state index in [-0.39, 0.29) is 22.9 Å². The van der Waals surface area contributed by atoms with Crippen LogP contribution in [0.25, 0.3) is 0 Å². The maximum absolute atomic E-state index is 11.5. The van der Waals surface area contributed by atoms with Crippen molar-refractivity contribution in [3.8, 4) is 0 Å². The molecule has 4 heteroatoms. The molecule has 15 heavy (non-hydrogen) atoms. The number of hydrogen-bond donors (Lipinski definition) is 1. The van der Waals surface area contributed by atoms with Crippen molar-refractivity contribution in [2.24, 2.45) is 0 Å². The third-order valence-electron chi connectivity index (χ3n) is 2.52. The number of ketones is 2. The first kappa shape index (κ1) is 10.1. The van der Waals surface area contributed by atoms with Crippen LogP contribution >= 0.6 is 0 Å². The number of allylic oxidation sites excluding steroid dienone is 2. The number of aliphatic hydroxyl groups is 1. The van der Waals surface area contributed by atoms with Crippen molar-refractivity contribution in [2.75, 3.05) is 0 Å². The average molecular weight is 208 g/mol. The highest BCUT2D eigenvalue weighted by atomic mass is 16.5. The molecule has 0 fully saturated rings. The van der Waals surface area contributed by atoms with Gasteiger partial charge < -0.3 is 9.84 Å². The van der Waals surface area contributed by atoms with Crippen LogP contribution < -0.4 is 0 Å². The molecule has 1 unspecified atom stereocenters. The monoisotopic (exact) mass is 208 g/mol. The molecule has 1 atom stereocenters. The van der Waals surface area contributed by atoms with Gasteiger partial charge in [-0.2, -0.15) is 0 Å². The Morgan fingerprint density at radius 2 is 1.93 bits per heavy atom. The molecule has 0 bridgehead atoms. The summed E-state index contributed by atoms with van der Waals surface area (Å²) in [6, 6.07) is 0. The van der Waals surface area contributed by atoms with Crippen LogP contribution in [0, 0.1) is 0 Å². The Kier molecular flexibility index (Phi) is 2.04. The number of carbonyl (C=O) groups is 2. The maximum Gasteiger partial charge on any atom is 0.221 e. The van der Waals surface area contributed by atoms with E-state index >= 15 is 0 Å². The van der Waals surface area contributed by atoms with Gasteiger partial charge in [0.15, 0.2) is 11.5 Å². The molecule has 0 aromatic heterocycles. The molecule has 0 radical (unpaired) electrons. The Morgan fingerprint density at radius 1 is 1.33 bits per heavy atom. The van der Waals surface area contributed by atoms with Crippen molar-refractivity contribution >= 4 is 11.6 Å². The van der Waals surface area contributed by atoms with Gasteiger partial charge in [-0.3, -0.25) is 9.59 Å². The molecule has 1 N–H and O–H groups in total. The zero-order chi connectivity index (χ0) is 11.2. The number of ether oxygens (including phenoxy) is 1. The van der Waals surface area contributed by atoms with Gasteiger partial charge in [0.05, 0.1) is 11.7 Å². The van der Waals surface area contributed by atoms with Gasteiger partial charge in [-0.25, -0.2) is 0 Å². The van der Waals surface area contributed by atoms with E-state index in [1.54, 1.807) is 13.8 Å². The predicted octanol–water partition coefficient (Wildman–Crippen LogP) is 0.508. The second kappa shape index (κ2) is 3.03. The summed E-state index contributed by atoms with van der Waals surface area (Å²) in [6.07, 6.45) is 1.75. The fourth-order valence-corrected chi connectivity index (χ4v) is 1.87. The van der Waals surface area contributed by atoms with Gasteiger partial charge in [0, 0.05) is 6.42 Å². The second-order valence-electron chi connectivity index (χ2n) is 4.39. The van der Waals surface area contributed by atoms with Gasteiger partial charge in [-0.15, -0.1) is 0 Å².